The summed E-state index contributed by atoms with van der Waals surface area (Å²) in [6.45, 7) is 11.1. The molecule has 3 rings (SSSR count). The second-order valence-corrected chi connectivity index (χ2v) is 9.06. The number of nitrogens with zero attached hydrogens (tertiary/aromatic N) is 5. The van der Waals surface area contributed by atoms with Gasteiger partial charge in [-0.15, -0.1) is 11.3 Å². The van der Waals surface area contributed by atoms with Crippen LogP contribution in [0.5, 0.6) is 0 Å². The van der Waals surface area contributed by atoms with Crippen LogP contribution >= 0.6 is 22.9 Å². The minimum atomic E-state index is 0.601. The van der Waals surface area contributed by atoms with Crippen molar-refractivity contribution >= 4 is 28.9 Å². The predicted molar refractivity (Wildman–Crippen MR) is 113 cm³/mol. The van der Waals surface area contributed by atoms with Crippen LogP contribution in [0.2, 0.25) is 4.34 Å². The van der Waals surface area contributed by atoms with E-state index in [0.717, 1.165) is 55.4 Å². The fourth-order valence-electron chi connectivity index (χ4n) is 3.33. The summed E-state index contributed by atoms with van der Waals surface area (Å²) in [7, 11) is 1.85. The van der Waals surface area contributed by atoms with Gasteiger partial charge in [-0.3, -0.25) is 9.89 Å². The van der Waals surface area contributed by atoms with E-state index in [0.29, 0.717) is 12.5 Å². The maximum atomic E-state index is 6.04. The Morgan fingerprint density at radius 3 is 2.70 bits per heavy atom. The highest BCUT2D eigenvalue weighted by Gasteiger charge is 2.20. The van der Waals surface area contributed by atoms with Crippen LogP contribution in [-0.4, -0.2) is 58.5 Å². The summed E-state index contributed by atoms with van der Waals surface area (Å²) in [6.07, 6.45) is 3.92. The molecular formula is C19H29ClN6S. The lowest BCUT2D eigenvalue weighted by Gasteiger charge is -2.36. The Balaban J connectivity index is 1.48. The smallest absolute Gasteiger partial charge is 0.194 e. The summed E-state index contributed by atoms with van der Waals surface area (Å²) in [5, 5.41) is 3.48. The largest absolute Gasteiger partial charge is 0.349 e. The van der Waals surface area contributed by atoms with Crippen LogP contribution in [0.1, 0.15) is 24.5 Å². The molecule has 2 aromatic rings. The highest BCUT2D eigenvalue weighted by Crippen LogP contribution is 2.23. The Hall–Kier alpha value is -1.57. The number of aromatic nitrogens is 2. The number of hydrogen-bond donors (Lipinski definition) is 1. The van der Waals surface area contributed by atoms with Crippen molar-refractivity contribution in [2.45, 2.75) is 33.5 Å². The molecule has 0 atom stereocenters. The SMILES string of the molecule is CN=C(NCc1nccn1CC(C)C)N1CCN(Cc2ccc(Cl)s2)CC1. The van der Waals surface area contributed by atoms with E-state index >= 15 is 0 Å². The zero-order valence-electron chi connectivity index (χ0n) is 16.4. The van der Waals surface area contributed by atoms with Gasteiger partial charge in [0.05, 0.1) is 10.9 Å². The molecule has 0 bridgehead atoms. The molecule has 0 aliphatic carbocycles. The Labute approximate surface area is 170 Å². The molecule has 0 amide bonds. The molecular weight excluding hydrogens is 380 g/mol. The topological polar surface area (TPSA) is 48.7 Å². The van der Waals surface area contributed by atoms with Crippen molar-refractivity contribution in [2.75, 3.05) is 33.2 Å². The van der Waals surface area contributed by atoms with E-state index in [-0.39, 0.29) is 0 Å². The molecule has 148 valence electrons. The van der Waals surface area contributed by atoms with Crippen molar-refractivity contribution < 1.29 is 0 Å². The van der Waals surface area contributed by atoms with Crippen LogP contribution in [0.3, 0.4) is 0 Å². The first kappa shape index (κ1) is 20.2. The summed E-state index contributed by atoms with van der Waals surface area (Å²) >= 11 is 7.71. The average molecular weight is 409 g/mol. The summed E-state index contributed by atoms with van der Waals surface area (Å²) < 4.78 is 3.08. The fourth-order valence-corrected chi connectivity index (χ4v) is 4.46. The lowest BCUT2D eigenvalue weighted by Crippen LogP contribution is -2.52. The predicted octanol–water partition coefficient (Wildman–Crippen LogP) is 3.15. The molecule has 1 aliphatic rings. The molecule has 0 spiro atoms. The number of piperazine rings is 1. The van der Waals surface area contributed by atoms with Gasteiger partial charge < -0.3 is 14.8 Å². The quantitative estimate of drug-likeness (QED) is 0.589. The van der Waals surface area contributed by atoms with Gasteiger partial charge in [-0.05, 0) is 18.1 Å². The van der Waals surface area contributed by atoms with Gasteiger partial charge in [-0.25, -0.2) is 4.98 Å². The number of imidazole rings is 1. The first-order valence-corrected chi connectivity index (χ1v) is 10.7. The number of thiophene rings is 1. The Morgan fingerprint density at radius 1 is 1.30 bits per heavy atom. The van der Waals surface area contributed by atoms with Crippen LogP contribution in [0.25, 0.3) is 0 Å². The minimum absolute atomic E-state index is 0.601. The molecule has 1 aliphatic heterocycles. The molecule has 0 radical (unpaired) electrons. The number of halogens is 1. The number of guanidine groups is 1. The molecule has 1 fully saturated rings. The Bertz CT molecular complexity index is 745. The second kappa shape index (κ2) is 9.57. The number of aliphatic imine (C=N–C) groups is 1. The van der Waals surface area contributed by atoms with E-state index in [1.807, 2.05) is 19.3 Å². The maximum absolute atomic E-state index is 6.04. The highest BCUT2D eigenvalue weighted by molar-refractivity contribution is 7.16. The van der Waals surface area contributed by atoms with Gasteiger partial charge in [0.15, 0.2) is 5.96 Å². The van der Waals surface area contributed by atoms with E-state index in [1.165, 1.54) is 4.88 Å². The monoisotopic (exact) mass is 408 g/mol. The average Bonchev–Trinajstić information content (AvgIpc) is 3.25. The van der Waals surface area contributed by atoms with Crippen LogP contribution < -0.4 is 5.32 Å². The number of nitrogens with one attached hydrogen (secondary N) is 1. The molecule has 27 heavy (non-hydrogen) atoms. The molecule has 1 N–H and O–H groups in total. The van der Waals surface area contributed by atoms with E-state index in [9.17, 15) is 0 Å². The first-order chi connectivity index (χ1) is 13.0. The van der Waals surface area contributed by atoms with E-state index < -0.39 is 0 Å². The summed E-state index contributed by atoms with van der Waals surface area (Å²) in [6, 6.07) is 4.10. The molecule has 0 saturated carbocycles. The molecule has 1 saturated heterocycles. The second-order valence-electron chi connectivity index (χ2n) is 7.26. The Kier molecular flexibility index (Phi) is 7.15. The molecule has 2 aromatic heterocycles. The first-order valence-electron chi connectivity index (χ1n) is 9.47. The number of hydrogen-bond acceptors (Lipinski definition) is 4. The minimum Gasteiger partial charge on any atom is -0.349 e. The third-order valence-corrected chi connectivity index (χ3v) is 5.88. The van der Waals surface area contributed by atoms with Gasteiger partial charge in [0.1, 0.15) is 5.82 Å². The Morgan fingerprint density at radius 2 is 2.07 bits per heavy atom. The summed E-state index contributed by atoms with van der Waals surface area (Å²) in [5.41, 5.74) is 0. The molecule has 3 heterocycles. The fraction of sp³-hybridized carbons (Fsp3) is 0.579. The highest BCUT2D eigenvalue weighted by atomic mass is 35.5. The standard InChI is InChI=1S/C19H29ClN6S/c1-15(2)13-26-7-6-22-18(26)12-23-19(21-3)25-10-8-24(9-11-25)14-16-4-5-17(20)27-16/h4-7,15H,8-14H2,1-3H3,(H,21,23). The molecule has 8 heteroatoms. The number of rotatable bonds is 6. The third-order valence-electron chi connectivity index (χ3n) is 4.66. The van der Waals surface area contributed by atoms with Crippen LogP contribution in [0.4, 0.5) is 0 Å². The van der Waals surface area contributed by atoms with Crippen molar-refractivity contribution in [1.82, 2.24) is 24.7 Å². The molecule has 0 unspecified atom stereocenters. The van der Waals surface area contributed by atoms with Gasteiger partial charge in [0.2, 0.25) is 0 Å². The maximum Gasteiger partial charge on any atom is 0.194 e. The van der Waals surface area contributed by atoms with Gasteiger partial charge in [-0.1, -0.05) is 25.4 Å². The zero-order valence-corrected chi connectivity index (χ0v) is 17.9. The van der Waals surface area contributed by atoms with E-state index in [2.05, 4.69) is 55.8 Å². The van der Waals surface area contributed by atoms with Crippen LogP contribution in [0.15, 0.2) is 29.5 Å². The lowest BCUT2D eigenvalue weighted by atomic mass is 10.2. The van der Waals surface area contributed by atoms with Crippen molar-refractivity contribution in [2.24, 2.45) is 10.9 Å². The van der Waals surface area contributed by atoms with E-state index in [4.69, 9.17) is 11.6 Å². The van der Waals surface area contributed by atoms with Gasteiger partial charge in [-0.2, -0.15) is 0 Å². The van der Waals surface area contributed by atoms with Crippen LogP contribution in [0, 0.1) is 5.92 Å². The van der Waals surface area contributed by atoms with Crippen molar-refractivity contribution in [3.8, 4) is 0 Å². The summed E-state index contributed by atoms with van der Waals surface area (Å²) in [5.74, 6) is 2.61. The van der Waals surface area contributed by atoms with Gasteiger partial charge in [0.25, 0.3) is 0 Å². The normalized spacial score (nSPS) is 16.3. The van der Waals surface area contributed by atoms with Gasteiger partial charge in [0, 0.05) is 63.6 Å². The third kappa shape index (κ3) is 5.70. The molecule has 6 nitrogen and oxygen atoms in total. The zero-order chi connectivity index (χ0) is 19.2. The van der Waals surface area contributed by atoms with E-state index in [1.54, 1.807) is 11.3 Å². The molecule has 0 aromatic carbocycles. The van der Waals surface area contributed by atoms with Crippen molar-refractivity contribution in [3.63, 3.8) is 0 Å². The van der Waals surface area contributed by atoms with Crippen molar-refractivity contribution in [1.29, 1.82) is 0 Å². The van der Waals surface area contributed by atoms with Crippen molar-refractivity contribution in [3.05, 3.63) is 39.6 Å². The lowest BCUT2D eigenvalue weighted by molar-refractivity contribution is 0.173. The summed E-state index contributed by atoms with van der Waals surface area (Å²) in [4.78, 5) is 15.1. The van der Waals surface area contributed by atoms with Gasteiger partial charge >= 0.3 is 0 Å². The van der Waals surface area contributed by atoms with Crippen LogP contribution in [-0.2, 0) is 19.6 Å².